The predicted octanol–water partition coefficient (Wildman–Crippen LogP) is -2.31. The fourth-order valence-corrected chi connectivity index (χ4v) is 0.999. The topological polar surface area (TPSA) is 113 Å². The van der Waals surface area contributed by atoms with Crippen molar-refractivity contribution in [2.24, 2.45) is 0 Å². The summed E-state index contributed by atoms with van der Waals surface area (Å²) in [7, 11) is 3.87. The average molecular weight is 247 g/mol. The summed E-state index contributed by atoms with van der Waals surface area (Å²) in [4.78, 5) is 37.5. The van der Waals surface area contributed by atoms with Gasteiger partial charge in [0.2, 0.25) is 0 Å². The number of hydrogen-bond donors (Lipinski definition) is 2. The van der Waals surface area contributed by atoms with Crippen molar-refractivity contribution in [1.82, 2.24) is 5.06 Å². The second-order valence-electron chi connectivity index (χ2n) is 3.54. The number of carbonyl (C=O) groups excluding carboxylic acids is 2. The largest absolute Gasteiger partial charge is 0.543 e. The zero-order valence-electron chi connectivity index (χ0n) is 9.80. The lowest BCUT2D eigenvalue weighted by molar-refractivity contribution is -0.189. The smallest absolute Gasteiger partial charge is 0.336 e. The van der Waals surface area contributed by atoms with Crippen LogP contribution < -0.4 is 0 Å². The van der Waals surface area contributed by atoms with Crippen molar-refractivity contribution in [3.05, 3.63) is 0 Å². The highest BCUT2D eigenvalue weighted by atomic mass is 16.7. The van der Waals surface area contributed by atoms with Gasteiger partial charge in [0.05, 0.1) is 12.8 Å². The Morgan fingerprint density at radius 3 is 2.06 bits per heavy atom. The Hall–Kier alpha value is -1.61. The lowest BCUT2D eigenvalue weighted by Crippen LogP contribution is -2.44. The number of carboxylic acid groups (broad SMARTS) is 1. The molecule has 0 aliphatic heterocycles. The molecule has 0 saturated heterocycles. The van der Waals surface area contributed by atoms with E-state index in [0.29, 0.717) is 0 Å². The molecule has 0 bridgehead atoms. The number of aliphatic hydroxyl groups is 1. The molecule has 0 radical (unpaired) electrons. The number of rotatable bonds is 6. The van der Waals surface area contributed by atoms with Crippen LogP contribution in [0.25, 0.3) is 0 Å². The molecule has 0 spiro atoms. The molecule has 1 atom stereocenters. The molecule has 0 amide bonds. The highest BCUT2D eigenvalue weighted by Gasteiger charge is 2.41. The molecule has 0 fully saturated rings. The minimum Gasteiger partial charge on any atom is -0.543 e. The number of carboxylic acids is 1. The van der Waals surface area contributed by atoms with Crippen LogP contribution in [-0.4, -0.2) is 60.9 Å². The van der Waals surface area contributed by atoms with Crippen LogP contribution in [0.15, 0.2) is 0 Å². The zero-order valence-corrected chi connectivity index (χ0v) is 9.80. The maximum absolute atomic E-state index is 11.2. The third-order valence-corrected chi connectivity index (χ3v) is 1.78. The zero-order chi connectivity index (χ0) is 13.6. The van der Waals surface area contributed by atoms with Crippen molar-refractivity contribution in [3.8, 4) is 0 Å². The van der Waals surface area contributed by atoms with E-state index in [1.165, 1.54) is 14.1 Å². The van der Waals surface area contributed by atoms with Gasteiger partial charge in [-0.05, 0) is 0 Å². The highest BCUT2D eigenvalue weighted by Crippen LogP contribution is 2.17. The molecular weight excluding hydrogens is 233 g/mol. The van der Waals surface area contributed by atoms with Crippen LogP contribution in [0.3, 0.4) is 0 Å². The third-order valence-electron chi connectivity index (χ3n) is 1.78. The predicted molar refractivity (Wildman–Crippen MR) is 56.2 cm³/mol. The summed E-state index contributed by atoms with van der Waals surface area (Å²) in [5.74, 6) is -3.60. The second-order valence-corrected chi connectivity index (χ2v) is 3.54. The van der Waals surface area contributed by atoms with E-state index in [0.717, 1.165) is 13.1 Å². The van der Waals surface area contributed by atoms with Gasteiger partial charge in [-0.15, -0.1) is 5.06 Å². The molecule has 0 aromatic carbocycles. The van der Waals surface area contributed by atoms with Crippen molar-refractivity contribution in [2.45, 2.75) is 18.4 Å². The molecule has 0 saturated carbocycles. The monoisotopic (exact) mass is 247 g/mol. The van der Waals surface area contributed by atoms with E-state index >= 15 is 0 Å². The van der Waals surface area contributed by atoms with Gasteiger partial charge in [0.1, 0.15) is 0 Å². The fourth-order valence-electron chi connectivity index (χ4n) is 0.999. The number of carbonyl (C=O) groups is 3. The molecule has 0 aliphatic rings. The first-order valence-electron chi connectivity index (χ1n) is 4.62. The quantitative estimate of drug-likeness (QED) is 0.397. The van der Waals surface area contributed by atoms with Crippen LogP contribution >= 0.6 is 0 Å². The molecule has 96 valence electrons. The first-order valence-corrected chi connectivity index (χ1v) is 4.62. The Kier molecular flexibility index (Phi) is 5.62. The molecule has 0 heterocycles. The molecule has 2 N–H and O–H groups in total. The van der Waals surface area contributed by atoms with Crippen molar-refractivity contribution in [1.29, 1.82) is 0 Å². The first-order chi connectivity index (χ1) is 7.71. The van der Waals surface area contributed by atoms with Crippen LogP contribution in [0.2, 0.25) is 0 Å². The molecular formula is C8H14BNO7. The second kappa shape index (κ2) is 6.21. The average Bonchev–Trinajstić information content (AvgIpc) is 2.15. The number of hydrogen-bond acceptors (Lipinski definition) is 7. The van der Waals surface area contributed by atoms with Crippen LogP contribution in [-0.2, 0) is 23.9 Å². The Morgan fingerprint density at radius 2 is 1.71 bits per heavy atom. The van der Waals surface area contributed by atoms with Gasteiger partial charge in [0.25, 0.3) is 5.97 Å². The summed E-state index contributed by atoms with van der Waals surface area (Å²) in [5.41, 5.74) is -2.53. The van der Waals surface area contributed by atoms with E-state index in [4.69, 9.17) is 5.11 Å². The van der Waals surface area contributed by atoms with Crippen molar-refractivity contribution >= 4 is 26.0 Å². The van der Waals surface area contributed by atoms with Gasteiger partial charge in [0.15, 0.2) is 5.60 Å². The van der Waals surface area contributed by atoms with E-state index in [1.807, 2.05) is 0 Å². The first kappa shape index (κ1) is 15.4. The number of nitrogens with zero attached hydrogens (tertiary/aromatic N) is 1. The summed E-state index contributed by atoms with van der Waals surface area (Å²) < 4.78 is 4.23. The molecule has 0 aromatic heterocycles. The minimum atomic E-state index is -2.53. The Labute approximate surface area is 98.5 Å². The normalized spacial score (nSPS) is 13.9. The number of aliphatic carboxylic acids is 1. The van der Waals surface area contributed by atoms with Crippen LogP contribution in [0.4, 0.5) is 0 Å². The number of hydroxylamine groups is 2. The van der Waals surface area contributed by atoms with Gasteiger partial charge >= 0.3 is 20.0 Å². The molecule has 0 aliphatic carbocycles. The maximum Gasteiger partial charge on any atom is 0.336 e. The lowest BCUT2D eigenvalue weighted by Gasteiger charge is -2.21. The van der Waals surface area contributed by atoms with Gasteiger partial charge in [0, 0.05) is 14.1 Å². The lowest BCUT2D eigenvalue weighted by atomic mass is 9.96. The van der Waals surface area contributed by atoms with E-state index in [-0.39, 0.29) is 0 Å². The summed E-state index contributed by atoms with van der Waals surface area (Å²) in [6.45, 7) is 0. The Balaban J connectivity index is 4.67. The summed E-state index contributed by atoms with van der Waals surface area (Å²) >= 11 is 0. The van der Waals surface area contributed by atoms with E-state index in [9.17, 15) is 19.5 Å². The van der Waals surface area contributed by atoms with Crippen molar-refractivity contribution in [2.75, 3.05) is 14.1 Å². The van der Waals surface area contributed by atoms with Gasteiger partial charge in [-0.1, -0.05) is 0 Å². The molecule has 9 heteroatoms. The van der Waals surface area contributed by atoms with Gasteiger partial charge in [-0.2, -0.15) is 0 Å². The summed E-state index contributed by atoms with van der Waals surface area (Å²) in [6.07, 6.45) is -1.68. The van der Waals surface area contributed by atoms with E-state index < -0.39 is 36.4 Å². The molecule has 1 unspecified atom stereocenters. The van der Waals surface area contributed by atoms with E-state index in [1.54, 1.807) is 0 Å². The van der Waals surface area contributed by atoms with Crippen molar-refractivity contribution in [3.63, 3.8) is 0 Å². The SMILES string of the molecule is BOC(=O)CC(O)(CC(=O)ON(C)C)C(=O)O. The van der Waals surface area contributed by atoms with Crippen LogP contribution in [0.1, 0.15) is 12.8 Å². The fraction of sp³-hybridized carbons (Fsp3) is 0.625. The van der Waals surface area contributed by atoms with Crippen LogP contribution in [0.5, 0.6) is 0 Å². The van der Waals surface area contributed by atoms with Gasteiger partial charge in [-0.25, -0.2) is 4.79 Å². The van der Waals surface area contributed by atoms with Crippen molar-refractivity contribution < 1.29 is 34.1 Å². The molecule has 0 rings (SSSR count). The minimum absolute atomic E-state index is 0.832. The third kappa shape index (κ3) is 5.32. The molecule has 8 nitrogen and oxygen atoms in total. The Morgan fingerprint density at radius 1 is 1.24 bits per heavy atom. The standard InChI is InChI=1S/C8H14BNO7/c1-10(2)17-6(12)4-8(15,7(13)14)3-5(11)16-9/h15H,3-4,9H2,1-2H3,(H,13,14). The van der Waals surface area contributed by atoms with Gasteiger partial charge < -0.3 is 19.7 Å². The molecule has 17 heavy (non-hydrogen) atoms. The highest BCUT2D eigenvalue weighted by molar-refractivity contribution is 6.06. The maximum atomic E-state index is 11.2. The van der Waals surface area contributed by atoms with Crippen LogP contribution in [0, 0.1) is 0 Å². The summed E-state index contributed by atoms with van der Waals surface area (Å²) in [6, 6.07) is 0. The Bertz CT molecular complexity index is 319. The molecule has 0 aromatic rings. The van der Waals surface area contributed by atoms with Gasteiger partial charge in [-0.3, -0.25) is 9.59 Å². The summed E-state index contributed by atoms with van der Waals surface area (Å²) in [5, 5.41) is 19.5. The van der Waals surface area contributed by atoms with E-state index in [2.05, 4.69) is 9.49 Å².